The molecule has 1 aromatic heterocycles. The molecule has 2 heterocycles. The van der Waals surface area contributed by atoms with Crippen LogP contribution in [0.4, 0.5) is 5.69 Å². The minimum Gasteiger partial charge on any atom is -0.481 e. The Balaban J connectivity index is 1.48. The molecule has 2 amide bonds. The monoisotopic (exact) mass is 578 g/mol. The summed E-state index contributed by atoms with van der Waals surface area (Å²) in [6.45, 7) is 3.86. The summed E-state index contributed by atoms with van der Waals surface area (Å²) >= 11 is 13.8. The molecule has 1 aliphatic heterocycles. The summed E-state index contributed by atoms with van der Waals surface area (Å²) < 4.78 is 5.57. The normalized spacial score (nSPS) is 14.8. The maximum atomic E-state index is 13.2. The predicted octanol–water partition coefficient (Wildman–Crippen LogP) is 5.28. The van der Waals surface area contributed by atoms with Gasteiger partial charge >= 0.3 is 0 Å². The highest BCUT2D eigenvalue weighted by Gasteiger charge is 2.31. The minimum atomic E-state index is -0.638. The van der Waals surface area contributed by atoms with Crippen molar-refractivity contribution in [1.29, 1.82) is 0 Å². The second kappa shape index (κ2) is 11.3. The molecule has 0 fully saturated rings. The van der Waals surface area contributed by atoms with Crippen LogP contribution in [0, 0.1) is 0 Å². The summed E-state index contributed by atoms with van der Waals surface area (Å²) in [7, 11) is 3.14. The second-order valence-corrected chi connectivity index (χ2v) is 10.3. The van der Waals surface area contributed by atoms with Crippen LogP contribution in [-0.4, -0.2) is 59.0 Å². The number of pyridine rings is 1. The maximum Gasteiger partial charge on any atom is 0.266 e. The molecule has 40 heavy (non-hydrogen) atoms. The van der Waals surface area contributed by atoms with Crippen LogP contribution in [0.15, 0.2) is 66.6 Å². The fourth-order valence-corrected chi connectivity index (χ4v) is 5.65. The largest absolute Gasteiger partial charge is 0.481 e. The zero-order valence-electron chi connectivity index (χ0n) is 22.1. The Labute approximate surface area is 242 Å². The van der Waals surface area contributed by atoms with Crippen molar-refractivity contribution >= 4 is 40.7 Å². The van der Waals surface area contributed by atoms with Crippen LogP contribution in [0.25, 0.3) is 22.4 Å². The van der Waals surface area contributed by atoms with Gasteiger partial charge in [0, 0.05) is 42.0 Å². The average molecular weight is 579 g/mol. The van der Waals surface area contributed by atoms with Crippen molar-refractivity contribution in [2.45, 2.75) is 19.3 Å². The van der Waals surface area contributed by atoms with E-state index in [4.69, 9.17) is 32.9 Å². The summed E-state index contributed by atoms with van der Waals surface area (Å²) in [6, 6.07) is 12.9. The Bertz CT molecular complexity index is 1570. The molecule has 10 heteroatoms. The fourth-order valence-electron chi connectivity index (χ4n) is 5.05. The molecule has 1 aliphatic carbocycles. The lowest BCUT2D eigenvalue weighted by molar-refractivity contribution is -0.128. The van der Waals surface area contributed by atoms with E-state index in [9.17, 15) is 14.7 Å². The molecule has 206 valence electrons. The lowest BCUT2D eigenvalue weighted by Gasteiger charge is -2.34. The summed E-state index contributed by atoms with van der Waals surface area (Å²) in [5, 5.41) is 12.8. The average Bonchev–Trinajstić information content (AvgIpc) is 3.43. The van der Waals surface area contributed by atoms with Gasteiger partial charge in [-0.25, -0.2) is 4.98 Å². The van der Waals surface area contributed by atoms with E-state index in [1.807, 2.05) is 24.3 Å². The van der Waals surface area contributed by atoms with Crippen LogP contribution < -0.4 is 10.1 Å². The molecule has 0 atom stereocenters. The number of benzene rings is 2. The van der Waals surface area contributed by atoms with Crippen molar-refractivity contribution in [2.24, 2.45) is 0 Å². The highest BCUT2D eigenvalue weighted by atomic mass is 35.5. The van der Waals surface area contributed by atoms with E-state index in [2.05, 4.69) is 18.0 Å². The molecule has 2 aromatic carbocycles. The second-order valence-electron chi connectivity index (χ2n) is 9.54. The number of likely N-dealkylation sites (N-methyl/N-ethyl adjacent to an activating group) is 1. The van der Waals surface area contributed by atoms with Gasteiger partial charge in [-0.05, 0) is 37.0 Å². The van der Waals surface area contributed by atoms with Crippen LogP contribution >= 0.6 is 23.2 Å². The molecule has 8 nitrogen and oxygen atoms in total. The number of halogens is 2. The quantitative estimate of drug-likeness (QED) is 0.370. The number of aliphatic hydroxyl groups excluding tert-OH is 1. The first-order valence-corrected chi connectivity index (χ1v) is 13.5. The van der Waals surface area contributed by atoms with Gasteiger partial charge in [0.25, 0.3) is 11.8 Å². The number of ether oxygens (including phenoxy) is 1. The third-order valence-corrected chi connectivity index (χ3v) is 8.00. The number of aliphatic hydroxyl groups is 1. The van der Waals surface area contributed by atoms with Crippen molar-refractivity contribution in [2.75, 3.05) is 32.6 Å². The first-order valence-electron chi connectivity index (χ1n) is 12.8. The number of anilines is 1. The van der Waals surface area contributed by atoms with E-state index in [0.717, 1.165) is 30.4 Å². The number of nitrogens with one attached hydrogen (secondary N) is 1. The summed E-state index contributed by atoms with van der Waals surface area (Å²) in [4.78, 5) is 33.5. The standard InChI is InChI=1S/C30H28Cl2N4O4/c1-17-35(2)30(39)23(16-36(17)13-14-37)28(38)33-24-12-6-10-21(27(24)32)20-9-5-11-22(26(20)31)25-15-18-7-4-8-19(18)29(34-25)40-3/h5-6,9-12,15-16,37H,1,4,7-8,13-14H2,2-3H3,(H,33,38). The molecule has 5 rings (SSSR count). The molecular formula is C30H28Cl2N4O4. The van der Waals surface area contributed by atoms with Crippen LogP contribution in [0.1, 0.15) is 17.5 Å². The maximum absolute atomic E-state index is 13.2. The molecular weight excluding hydrogens is 551 g/mol. The van der Waals surface area contributed by atoms with E-state index in [-0.39, 0.29) is 23.7 Å². The first-order chi connectivity index (χ1) is 19.2. The van der Waals surface area contributed by atoms with Crippen molar-refractivity contribution in [3.05, 3.63) is 87.8 Å². The van der Waals surface area contributed by atoms with Crippen molar-refractivity contribution in [1.82, 2.24) is 14.8 Å². The number of hydrogen-bond donors (Lipinski definition) is 2. The van der Waals surface area contributed by atoms with Gasteiger partial charge in [0.05, 0.1) is 35.1 Å². The summed E-state index contributed by atoms with van der Waals surface area (Å²) in [5.74, 6) is -0.175. The molecule has 0 radical (unpaired) electrons. The van der Waals surface area contributed by atoms with Gasteiger partial charge in [-0.15, -0.1) is 0 Å². The highest BCUT2D eigenvalue weighted by Crippen LogP contribution is 2.42. The zero-order valence-corrected chi connectivity index (χ0v) is 23.6. The first kappa shape index (κ1) is 27.7. The molecule has 2 aliphatic rings. The Morgan fingerprint density at radius 3 is 2.55 bits per heavy atom. The predicted molar refractivity (Wildman–Crippen MR) is 156 cm³/mol. The molecule has 2 N–H and O–H groups in total. The lowest BCUT2D eigenvalue weighted by Crippen LogP contribution is -2.43. The topological polar surface area (TPSA) is 95.0 Å². The molecule has 0 unspecified atom stereocenters. The van der Waals surface area contributed by atoms with Crippen LogP contribution in [0.5, 0.6) is 5.88 Å². The Kier molecular flexibility index (Phi) is 7.85. The number of aryl methyl sites for hydroxylation is 1. The van der Waals surface area contributed by atoms with Gasteiger partial charge in [-0.1, -0.05) is 60.1 Å². The molecule has 0 spiro atoms. The third-order valence-electron chi connectivity index (χ3n) is 7.18. The van der Waals surface area contributed by atoms with Gasteiger partial charge in [0.2, 0.25) is 5.88 Å². The van der Waals surface area contributed by atoms with E-state index >= 15 is 0 Å². The Morgan fingerprint density at radius 2 is 1.82 bits per heavy atom. The SMILES string of the molecule is C=C1N(CCO)C=C(C(=O)Nc2cccc(-c3cccc(-c4cc5c(c(OC)n4)CCC5)c3Cl)c2Cl)C(=O)N1C. The number of β-amino-alcohol motifs (C(OH)–C–C–N with tert-alkyl or cyclic N) is 1. The molecule has 0 saturated carbocycles. The number of aromatic nitrogens is 1. The van der Waals surface area contributed by atoms with Gasteiger partial charge in [0.1, 0.15) is 11.4 Å². The number of carbonyl (C=O) groups is 2. The van der Waals surface area contributed by atoms with Crippen LogP contribution in [-0.2, 0) is 22.4 Å². The van der Waals surface area contributed by atoms with Crippen molar-refractivity contribution < 1.29 is 19.4 Å². The highest BCUT2D eigenvalue weighted by molar-refractivity contribution is 6.40. The third kappa shape index (κ3) is 4.94. The Morgan fingerprint density at radius 1 is 1.12 bits per heavy atom. The Hall–Kier alpha value is -3.85. The fraction of sp³-hybridized carbons (Fsp3) is 0.233. The van der Waals surface area contributed by atoms with Gasteiger partial charge < -0.3 is 20.1 Å². The van der Waals surface area contributed by atoms with Gasteiger partial charge in [0.15, 0.2) is 0 Å². The number of amides is 2. The summed E-state index contributed by atoms with van der Waals surface area (Å²) in [5.41, 5.74) is 5.29. The number of nitrogens with zero attached hydrogens (tertiary/aromatic N) is 3. The van der Waals surface area contributed by atoms with Crippen molar-refractivity contribution in [3.8, 4) is 28.3 Å². The van der Waals surface area contributed by atoms with Crippen LogP contribution in [0.2, 0.25) is 10.0 Å². The van der Waals surface area contributed by atoms with Gasteiger partial charge in [-0.3, -0.25) is 14.5 Å². The van der Waals surface area contributed by atoms with E-state index < -0.39 is 11.8 Å². The smallest absolute Gasteiger partial charge is 0.266 e. The number of methoxy groups -OCH3 is 1. The number of fused-ring (bicyclic) bond motifs is 1. The summed E-state index contributed by atoms with van der Waals surface area (Å²) in [6.07, 6.45) is 4.35. The van der Waals surface area contributed by atoms with Crippen LogP contribution in [0.3, 0.4) is 0 Å². The van der Waals surface area contributed by atoms with E-state index in [0.29, 0.717) is 39.2 Å². The lowest BCUT2D eigenvalue weighted by atomic mass is 9.99. The zero-order chi connectivity index (χ0) is 28.6. The number of rotatable bonds is 7. The molecule has 0 bridgehead atoms. The van der Waals surface area contributed by atoms with E-state index in [1.54, 1.807) is 24.1 Å². The minimum absolute atomic E-state index is 0.110. The van der Waals surface area contributed by atoms with Crippen molar-refractivity contribution in [3.63, 3.8) is 0 Å². The molecule has 3 aromatic rings. The molecule has 0 saturated heterocycles. The van der Waals surface area contributed by atoms with Gasteiger partial charge in [-0.2, -0.15) is 0 Å². The van der Waals surface area contributed by atoms with E-state index in [1.165, 1.54) is 23.7 Å². The number of hydrogen-bond acceptors (Lipinski definition) is 6. The number of carbonyl (C=O) groups excluding carboxylic acids is 2.